The molecule has 0 bridgehead atoms. The van der Waals surface area contributed by atoms with Crippen molar-refractivity contribution in [3.63, 3.8) is 0 Å². The Labute approximate surface area is 166 Å². The lowest BCUT2D eigenvalue weighted by Gasteiger charge is -2.26. The maximum absolute atomic E-state index is 12.7. The molecule has 0 radical (unpaired) electrons. The summed E-state index contributed by atoms with van der Waals surface area (Å²) in [4.78, 5) is 14.9. The molecule has 0 saturated carbocycles. The van der Waals surface area contributed by atoms with Gasteiger partial charge in [0.05, 0.1) is 33.6 Å². The molecule has 0 aliphatic carbocycles. The number of aryl methyl sites for hydroxylation is 1. The van der Waals surface area contributed by atoms with Gasteiger partial charge in [-0.3, -0.25) is 9.69 Å². The summed E-state index contributed by atoms with van der Waals surface area (Å²) in [5.41, 5.74) is 2.82. The number of methoxy groups -OCH3 is 3. The fourth-order valence-electron chi connectivity index (χ4n) is 3.76. The zero-order chi connectivity index (χ0) is 20.1. The minimum absolute atomic E-state index is 0.0577. The normalized spacial score (nSPS) is 16.6. The van der Waals surface area contributed by atoms with E-state index in [1.165, 1.54) is 0 Å². The highest BCUT2D eigenvalue weighted by atomic mass is 16.5. The first kappa shape index (κ1) is 20.0. The molecule has 1 unspecified atom stereocenters. The van der Waals surface area contributed by atoms with Crippen molar-refractivity contribution in [2.45, 2.75) is 25.8 Å². The van der Waals surface area contributed by atoms with Gasteiger partial charge >= 0.3 is 0 Å². The van der Waals surface area contributed by atoms with Crippen molar-refractivity contribution >= 4 is 11.6 Å². The van der Waals surface area contributed by atoms with Crippen LogP contribution in [0.2, 0.25) is 0 Å². The second-order valence-corrected chi connectivity index (χ2v) is 6.99. The van der Waals surface area contributed by atoms with Crippen LogP contribution in [0.15, 0.2) is 36.4 Å². The number of ether oxygens (including phenoxy) is 3. The molecule has 1 amide bonds. The number of likely N-dealkylation sites (tertiary alicyclic amines) is 1. The number of hydrogen-bond acceptors (Lipinski definition) is 5. The van der Waals surface area contributed by atoms with Crippen molar-refractivity contribution in [3.8, 4) is 17.2 Å². The number of anilines is 1. The van der Waals surface area contributed by atoms with Crippen molar-refractivity contribution in [2.24, 2.45) is 0 Å². The predicted octanol–water partition coefficient (Wildman–Crippen LogP) is 3.80. The van der Waals surface area contributed by atoms with E-state index in [2.05, 4.69) is 10.2 Å². The molecule has 1 aliphatic rings. The second kappa shape index (κ2) is 8.97. The Morgan fingerprint density at radius 1 is 1.07 bits per heavy atom. The van der Waals surface area contributed by atoms with E-state index in [9.17, 15) is 4.79 Å². The number of rotatable bonds is 7. The van der Waals surface area contributed by atoms with E-state index < -0.39 is 0 Å². The fourth-order valence-corrected chi connectivity index (χ4v) is 3.76. The van der Waals surface area contributed by atoms with E-state index in [1.54, 1.807) is 21.3 Å². The van der Waals surface area contributed by atoms with Gasteiger partial charge in [0.1, 0.15) is 17.2 Å². The monoisotopic (exact) mass is 384 g/mol. The van der Waals surface area contributed by atoms with Crippen LogP contribution in [-0.4, -0.2) is 45.2 Å². The van der Waals surface area contributed by atoms with Crippen LogP contribution in [0.1, 0.15) is 30.0 Å². The maximum atomic E-state index is 12.7. The van der Waals surface area contributed by atoms with Crippen LogP contribution in [0, 0.1) is 6.92 Å². The van der Waals surface area contributed by atoms with Crippen molar-refractivity contribution < 1.29 is 19.0 Å². The third-order valence-corrected chi connectivity index (χ3v) is 5.14. The van der Waals surface area contributed by atoms with Crippen molar-refractivity contribution in [2.75, 3.05) is 39.7 Å². The molecule has 1 fully saturated rings. The molecule has 1 heterocycles. The van der Waals surface area contributed by atoms with Gasteiger partial charge in [0.2, 0.25) is 5.91 Å². The van der Waals surface area contributed by atoms with Gasteiger partial charge in [-0.1, -0.05) is 6.07 Å². The maximum Gasteiger partial charge on any atom is 0.238 e. The van der Waals surface area contributed by atoms with E-state index in [-0.39, 0.29) is 11.9 Å². The highest BCUT2D eigenvalue weighted by molar-refractivity contribution is 5.93. The number of carbonyl (C=O) groups excluding carboxylic acids is 1. The summed E-state index contributed by atoms with van der Waals surface area (Å²) >= 11 is 0. The summed E-state index contributed by atoms with van der Waals surface area (Å²) in [5, 5.41) is 2.99. The molecule has 2 aromatic carbocycles. The third kappa shape index (κ3) is 4.39. The van der Waals surface area contributed by atoms with Crippen molar-refractivity contribution in [3.05, 3.63) is 47.5 Å². The summed E-state index contributed by atoms with van der Waals surface area (Å²) in [6.07, 6.45) is 2.01. The Balaban J connectivity index is 1.75. The summed E-state index contributed by atoms with van der Waals surface area (Å²) < 4.78 is 16.3. The first-order valence-electron chi connectivity index (χ1n) is 9.46. The Bertz CT molecular complexity index is 837. The summed E-state index contributed by atoms with van der Waals surface area (Å²) in [6, 6.07) is 11.7. The molecule has 6 nitrogen and oxygen atoms in total. The molecule has 0 aromatic heterocycles. The van der Waals surface area contributed by atoms with Crippen LogP contribution < -0.4 is 19.5 Å². The Morgan fingerprint density at radius 2 is 1.82 bits per heavy atom. The molecule has 28 heavy (non-hydrogen) atoms. The van der Waals surface area contributed by atoms with E-state index >= 15 is 0 Å². The molecule has 1 saturated heterocycles. The number of nitrogens with one attached hydrogen (secondary N) is 1. The molecular formula is C22H28N2O4. The molecule has 2 aromatic rings. The average molecular weight is 384 g/mol. The van der Waals surface area contributed by atoms with E-state index in [0.717, 1.165) is 42.0 Å². The molecular weight excluding hydrogens is 356 g/mol. The van der Waals surface area contributed by atoms with Crippen LogP contribution in [0.3, 0.4) is 0 Å². The lowest BCUT2D eigenvalue weighted by Crippen LogP contribution is -2.33. The molecule has 1 aliphatic heterocycles. The summed E-state index contributed by atoms with van der Waals surface area (Å²) in [6.45, 7) is 3.16. The minimum Gasteiger partial charge on any atom is -0.497 e. The molecule has 1 N–H and O–H groups in total. The summed E-state index contributed by atoms with van der Waals surface area (Å²) in [7, 11) is 4.92. The average Bonchev–Trinajstić information content (AvgIpc) is 3.15. The number of amides is 1. The quantitative estimate of drug-likeness (QED) is 0.787. The van der Waals surface area contributed by atoms with E-state index in [1.807, 2.05) is 43.3 Å². The topological polar surface area (TPSA) is 60.0 Å². The summed E-state index contributed by atoms with van der Waals surface area (Å²) in [5.74, 6) is 2.21. The molecule has 6 heteroatoms. The minimum atomic E-state index is -0.0577. The van der Waals surface area contributed by atoms with Gasteiger partial charge in [-0.05, 0) is 62.2 Å². The van der Waals surface area contributed by atoms with Gasteiger partial charge in [-0.25, -0.2) is 0 Å². The largest absolute Gasteiger partial charge is 0.497 e. The molecule has 1 atom stereocenters. The van der Waals surface area contributed by atoms with Gasteiger partial charge in [-0.15, -0.1) is 0 Å². The smallest absolute Gasteiger partial charge is 0.238 e. The zero-order valence-electron chi connectivity index (χ0n) is 17.0. The van der Waals surface area contributed by atoms with Crippen molar-refractivity contribution in [1.82, 2.24) is 4.90 Å². The number of benzene rings is 2. The van der Waals surface area contributed by atoms with Crippen LogP contribution in [0.25, 0.3) is 0 Å². The lowest BCUT2D eigenvalue weighted by molar-refractivity contribution is -0.117. The molecule has 3 rings (SSSR count). The van der Waals surface area contributed by atoms with Gasteiger partial charge in [-0.2, -0.15) is 0 Å². The van der Waals surface area contributed by atoms with Gasteiger partial charge in [0, 0.05) is 11.6 Å². The van der Waals surface area contributed by atoms with Gasteiger partial charge in [0.25, 0.3) is 0 Å². The van der Waals surface area contributed by atoms with Crippen LogP contribution in [-0.2, 0) is 4.79 Å². The third-order valence-electron chi connectivity index (χ3n) is 5.14. The van der Waals surface area contributed by atoms with Gasteiger partial charge in [0.15, 0.2) is 0 Å². The Hall–Kier alpha value is -2.73. The SMILES string of the molecule is COc1ccc(OC)c(C2CCCN2CC(=O)Nc2cc(C)ccc2OC)c1. The number of nitrogens with zero attached hydrogens (tertiary/aromatic N) is 1. The second-order valence-electron chi connectivity index (χ2n) is 6.99. The number of hydrogen-bond donors (Lipinski definition) is 1. The Kier molecular flexibility index (Phi) is 6.41. The lowest BCUT2D eigenvalue weighted by atomic mass is 10.0. The standard InChI is InChI=1S/C22H28N2O4/c1-15-7-9-21(28-4)18(12-15)23-22(25)14-24-11-5-6-19(24)17-13-16(26-2)8-10-20(17)27-3/h7-10,12-13,19H,5-6,11,14H2,1-4H3,(H,23,25). The van der Waals surface area contributed by atoms with Crippen LogP contribution in [0.4, 0.5) is 5.69 Å². The van der Waals surface area contributed by atoms with Gasteiger partial charge < -0.3 is 19.5 Å². The van der Waals surface area contributed by atoms with Crippen LogP contribution >= 0.6 is 0 Å². The highest BCUT2D eigenvalue weighted by Crippen LogP contribution is 2.38. The highest BCUT2D eigenvalue weighted by Gasteiger charge is 2.30. The first-order chi connectivity index (χ1) is 13.5. The number of carbonyl (C=O) groups is 1. The van der Waals surface area contributed by atoms with E-state index in [4.69, 9.17) is 14.2 Å². The molecule has 0 spiro atoms. The first-order valence-corrected chi connectivity index (χ1v) is 9.46. The van der Waals surface area contributed by atoms with E-state index in [0.29, 0.717) is 18.0 Å². The van der Waals surface area contributed by atoms with Crippen molar-refractivity contribution in [1.29, 1.82) is 0 Å². The fraction of sp³-hybridized carbons (Fsp3) is 0.409. The predicted molar refractivity (Wildman–Crippen MR) is 109 cm³/mol. The Morgan fingerprint density at radius 3 is 2.54 bits per heavy atom. The molecule has 150 valence electrons. The van der Waals surface area contributed by atoms with Crippen LogP contribution in [0.5, 0.6) is 17.2 Å². The zero-order valence-corrected chi connectivity index (χ0v) is 17.0.